The highest BCUT2D eigenvalue weighted by molar-refractivity contribution is 6.30. The van der Waals surface area contributed by atoms with Gasteiger partial charge in [-0.2, -0.15) is 5.10 Å². The molecule has 0 saturated carbocycles. The third kappa shape index (κ3) is 3.18. The number of H-pyrrole nitrogens is 1. The Morgan fingerprint density at radius 1 is 1.55 bits per heavy atom. The Morgan fingerprint density at radius 2 is 2.35 bits per heavy atom. The van der Waals surface area contributed by atoms with Crippen molar-refractivity contribution < 1.29 is 4.79 Å². The van der Waals surface area contributed by atoms with Crippen LogP contribution < -0.4 is 11.1 Å². The number of nitrogens with zero attached hydrogens (tertiary/aromatic N) is 1. The number of carbonyl (C=O) groups is 1. The summed E-state index contributed by atoms with van der Waals surface area (Å²) in [6.45, 7) is 2.01. The van der Waals surface area contributed by atoms with Gasteiger partial charge in [0.2, 0.25) is 0 Å². The summed E-state index contributed by atoms with van der Waals surface area (Å²) in [5.41, 5.74) is 7.75. The molecule has 102 valence electrons. The van der Waals surface area contributed by atoms with Crippen LogP contribution in [0.3, 0.4) is 0 Å². The second-order valence-corrected chi connectivity index (χ2v) is 4.50. The summed E-state index contributed by atoms with van der Waals surface area (Å²) in [7, 11) is 0. The SMILES string of the molecule is Cc1[nH]ncc1C(=O)Nc1ccc(Cl)cc1C#CCN. The maximum absolute atomic E-state index is 12.1. The summed E-state index contributed by atoms with van der Waals surface area (Å²) >= 11 is 5.93. The lowest BCUT2D eigenvalue weighted by Crippen LogP contribution is -2.13. The topological polar surface area (TPSA) is 83.8 Å². The van der Waals surface area contributed by atoms with Crippen molar-refractivity contribution in [3.8, 4) is 11.8 Å². The second kappa shape index (κ2) is 6.24. The van der Waals surface area contributed by atoms with E-state index in [2.05, 4.69) is 27.4 Å². The van der Waals surface area contributed by atoms with Crippen LogP contribution in [0.1, 0.15) is 21.6 Å². The number of nitrogens with two attached hydrogens (primary N) is 1. The lowest BCUT2D eigenvalue weighted by atomic mass is 10.1. The van der Waals surface area contributed by atoms with Crippen molar-refractivity contribution in [3.63, 3.8) is 0 Å². The van der Waals surface area contributed by atoms with Crippen LogP contribution in [0.2, 0.25) is 5.02 Å². The van der Waals surface area contributed by atoms with Crippen molar-refractivity contribution in [1.82, 2.24) is 10.2 Å². The van der Waals surface area contributed by atoms with Crippen LogP contribution in [0, 0.1) is 18.8 Å². The molecule has 0 radical (unpaired) electrons. The van der Waals surface area contributed by atoms with E-state index in [1.54, 1.807) is 25.1 Å². The maximum Gasteiger partial charge on any atom is 0.259 e. The average Bonchev–Trinajstić information content (AvgIpc) is 2.85. The number of aromatic nitrogens is 2. The maximum atomic E-state index is 12.1. The zero-order valence-electron chi connectivity index (χ0n) is 10.8. The van der Waals surface area contributed by atoms with E-state index in [1.807, 2.05) is 0 Å². The Labute approximate surface area is 121 Å². The predicted octanol–water partition coefficient (Wildman–Crippen LogP) is 1.93. The van der Waals surface area contributed by atoms with Crippen molar-refractivity contribution in [2.75, 3.05) is 11.9 Å². The number of hydrogen-bond acceptors (Lipinski definition) is 3. The fraction of sp³-hybridized carbons (Fsp3) is 0.143. The average molecular weight is 289 g/mol. The number of amides is 1. The summed E-state index contributed by atoms with van der Waals surface area (Å²) in [6, 6.07) is 5.07. The number of rotatable bonds is 2. The number of halogens is 1. The van der Waals surface area contributed by atoms with Crippen molar-refractivity contribution in [2.24, 2.45) is 5.73 Å². The minimum absolute atomic E-state index is 0.237. The van der Waals surface area contributed by atoms with E-state index >= 15 is 0 Å². The normalized spacial score (nSPS) is 9.75. The molecule has 1 aromatic carbocycles. The number of anilines is 1. The molecule has 1 amide bonds. The van der Waals surface area contributed by atoms with E-state index in [9.17, 15) is 4.79 Å². The van der Waals surface area contributed by atoms with E-state index in [4.69, 9.17) is 17.3 Å². The summed E-state index contributed by atoms with van der Waals surface area (Å²) < 4.78 is 0. The van der Waals surface area contributed by atoms with Crippen molar-refractivity contribution in [3.05, 3.63) is 46.2 Å². The first-order valence-corrected chi connectivity index (χ1v) is 6.29. The molecule has 0 spiro atoms. The Hall–Kier alpha value is -2.29. The smallest absolute Gasteiger partial charge is 0.259 e. The summed E-state index contributed by atoms with van der Waals surface area (Å²) in [5, 5.41) is 9.87. The standard InChI is InChI=1S/C14H13ClN4O/c1-9-12(8-17-19-9)14(20)18-13-5-4-11(15)7-10(13)3-2-6-16/h4-5,7-8H,6,16H2,1H3,(H,17,19)(H,18,20). The van der Waals surface area contributed by atoms with Gasteiger partial charge in [-0.25, -0.2) is 0 Å². The zero-order valence-corrected chi connectivity index (χ0v) is 11.6. The minimum Gasteiger partial charge on any atom is -0.321 e. The van der Waals surface area contributed by atoms with Crippen molar-refractivity contribution in [1.29, 1.82) is 0 Å². The highest BCUT2D eigenvalue weighted by Gasteiger charge is 2.12. The summed E-state index contributed by atoms with van der Waals surface area (Å²) in [5.74, 6) is 5.37. The van der Waals surface area contributed by atoms with Gasteiger partial charge in [-0.05, 0) is 25.1 Å². The molecule has 0 saturated heterocycles. The number of aryl methyl sites for hydroxylation is 1. The summed E-state index contributed by atoms with van der Waals surface area (Å²) in [4.78, 5) is 12.1. The van der Waals surface area contributed by atoms with E-state index in [-0.39, 0.29) is 12.5 Å². The molecule has 6 heteroatoms. The van der Waals surface area contributed by atoms with Crippen LogP contribution in [0.4, 0.5) is 5.69 Å². The van der Waals surface area contributed by atoms with Gasteiger partial charge in [0.25, 0.3) is 5.91 Å². The summed E-state index contributed by atoms with van der Waals surface area (Å²) in [6.07, 6.45) is 1.48. The quantitative estimate of drug-likeness (QED) is 0.738. The van der Waals surface area contributed by atoms with Gasteiger partial charge in [0.1, 0.15) is 0 Å². The highest BCUT2D eigenvalue weighted by Crippen LogP contribution is 2.20. The fourth-order valence-electron chi connectivity index (χ4n) is 1.64. The highest BCUT2D eigenvalue weighted by atomic mass is 35.5. The first kappa shape index (κ1) is 14.1. The number of nitrogens with one attached hydrogen (secondary N) is 2. The van der Waals surface area contributed by atoms with E-state index in [1.165, 1.54) is 6.20 Å². The Kier molecular flexibility index (Phi) is 4.41. The third-order valence-corrected chi connectivity index (χ3v) is 2.86. The monoisotopic (exact) mass is 288 g/mol. The molecule has 0 atom stereocenters. The molecular formula is C14H13ClN4O. The third-order valence-electron chi connectivity index (χ3n) is 2.63. The van der Waals surface area contributed by atoms with E-state index in [0.29, 0.717) is 27.5 Å². The van der Waals surface area contributed by atoms with Crippen LogP contribution in [0.5, 0.6) is 0 Å². The van der Waals surface area contributed by atoms with Crippen molar-refractivity contribution in [2.45, 2.75) is 6.92 Å². The predicted molar refractivity (Wildman–Crippen MR) is 78.7 cm³/mol. The largest absolute Gasteiger partial charge is 0.321 e. The molecule has 0 aliphatic heterocycles. The first-order valence-electron chi connectivity index (χ1n) is 5.91. The molecule has 4 N–H and O–H groups in total. The lowest BCUT2D eigenvalue weighted by molar-refractivity contribution is 0.102. The van der Waals surface area contributed by atoms with Gasteiger partial charge in [-0.15, -0.1) is 0 Å². The van der Waals surface area contributed by atoms with Gasteiger partial charge in [0.05, 0.1) is 24.0 Å². The molecule has 0 unspecified atom stereocenters. The molecule has 0 bridgehead atoms. The second-order valence-electron chi connectivity index (χ2n) is 4.06. The van der Waals surface area contributed by atoms with Gasteiger partial charge in [0.15, 0.2) is 0 Å². The van der Waals surface area contributed by atoms with Gasteiger partial charge in [-0.3, -0.25) is 9.89 Å². The number of benzene rings is 1. The Bertz CT molecular complexity index is 697. The number of carbonyl (C=O) groups excluding carboxylic acids is 1. The number of aromatic amines is 1. The van der Waals surface area contributed by atoms with Crippen LogP contribution in [-0.2, 0) is 0 Å². The van der Waals surface area contributed by atoms with Gasteiger partial charge in [0, 0.05) is 16.3 Å². The first-order chi connectivity index (χ1) is 9.61. The molecular weight excluding hydrogens is 276 g/mol. The van der Waals surface area contributed by atoms with Crippen LogP contribution >= 0.6 is 11.6 Å². The van der Waals surface area contributed by atoms with Crippen LogP contribution in [0.25, 0.3) is 0 Å². The van der Waals surface area contributed by atoms with Crippen LogP contribution in [0.15, 0.2) is 24.4 Å². The Balaban J connectivity index is 2.29. The fourth-order valence-corrected chi connectivity index (χ4v) is 1.82. The molecule has 2 aromatic rings. The van der Waals surface area contributed by atoms with Crippen LogP contribution in [-0.4, -0.2) is 22.6 Å². The van der Waals surface area contributed by atoms with Crippen molar-refractivity contribution >= 4 is 23.2 Å². The van der Waals surface area contributed by atoms with E-state index in [0.717, 1.165) is 0 Å². The molecule has 20 heavy (non-hydrogen) atoms. The number of hydrogen-bond donors (Lipinski definition) is 3. The Morgan fingerprint density at radius 3 is 3.00 bits per heavy atom. The molecule has 1 aromatic heterocycles. The molecule has 0 fully saturated rings. The minimum atomic E-state index is -0.255. The zero-order chi connectivity index (χ0) is 14.5. The molecule has 1 heterocycles. The van der Waals surface area contributed by atoms with Gasteiger partial charge in [-0.1, -0.05) is 23.4 Å². The van der Waals surface area contributed by atoms with Gasteiger partial charge >= 0.3 is 0 Å². The molecule has 0 aliphatic carbocycles. The lowest BCUT2D eigenvalue weighted by Gasteiger charge is -2.07. The molecule has 5 nitrogen and oxygen atoms in total. The molecule has 0 aliphatic rings. The van der Waals surface area contributed by atoms with Gasteiger partial charge < -0.3 is 11.1 Å². The molecule has 2 rings (SSSR count). The van der Waals surface area contributed by atoms with E-state index < -0.39 is 0 Å².